The molecule has 24 heavy (non-hydrogen) atoms. The maximum atomic E-state index is 12.1. The maximum absolute atomic E-state index is 12.1. The molecule has 0 N–H and O–H groups in total. The zero-order valence-corrected chi connectivity index (χ0v) is 15.3. The molecule has 0 aliphatic rings. The molecule has 0 spiro atoms. The Morgan fingerprint density at radius 3 is 2.54 bits per heavy atom. The van der Waals surface area contributed by atoms with Gasteiger partial charge in [0.05, 0.1) is 12.8 Å². The van der Waals surface area contributed by atoms with Gasteiger partial charge >= 0.3 is 5.97 Å². The third-order valence-electron chi connectivity index (χ3n) is 3.23. The number of methoxy groups -OCH3 is 1. The number of aromatic nitrogens is 1. The molecule has 0 saturated carbocycles. The summed E-state index contributed by atoms with van der Waals surface area (Å²) in [5, 5.41) is 2.42. The maximum Gasteiger partial charge on any atom is 0.348 e. The highest BCUT2D eigenvalue weighted by Crippen LogP contribution is 2.38. The van der Waals surface area contributed by atoms with E-state index in [1.165, 1.54) is 24.5 Å². The van der Waals surface area contributed by atoms with Crippen molar-refractivity contribution in [1.82, 2.24) is 4.98 Å². The lowest BCUT2D eigenvalue weighted by Gasteiger charge is -1.98. The number of thiophene rings is 1. The van der Waals surface area contributed by atoms with Crippen LogP contribution >= 0.6 is 22.7 Å². The van der Waals surface area contributed by atoms with Crippen LogP contribution in [0.3, 0.4) is 0 Å². The van der Waals surface area contributed by atoms with E-state index in [4.69, 9.17) is 0 Å². The summed E-state index contributed by atoms with van der Waals surface area (Å²) in [6.07, 6.45) is 1.12. The van der Waals surface area contributed by atoms with Crippen molar-refractivity contribution in [1.29, 1.82) is 0 Å². The predicted molar refractivity (Wildman–Crippen MR) is 95.3 cm³/mol. The summed E-state index contributed by atoms with van der Waals surface area (Å²) < 4.78 is 28.9. The highest BCUT2D eigenvalue weighted by molar-refractivity contribution is 7.93. The molecule has 2 heterocycles. The zero-order valence-electron chi connectivity index (χ0n) is 12.8. The molecule has 2 aromatic heterocycles. The second-order valence-electron chi connectivity index (χ2n) is 4.98. The molecule has 124 valence electrons. The number of esters is 1. The molecular weight excluding hydrogens is 366 g/mol. The standard InChI is InChI=1S/C16H13NO4S3/c1-21-15(18)13-8-11(16(23-13)24(2,19)20)14-17-12(9-22-14)10-6-4-3-5-7-10/h3-9H,1-2H3. The summed E-state index contributed by atoms with van der Waals surface area (Å²) >= 11 is 2.24. The van der Waals surface area contributed by atoms with E-state index in [2.05, 4.69) is 9.72 Å². The molecule has 3 rings (SSSR count). The molecule has 8 heteroatoms. The smallest absolute Gasteiger partial charge is 0.348 e. The summed E-state index contributed by atoms with van der Waals surface area (Å²) in [4.78, 5) is 16.5. The summed E-state index contributed by atoms with van der Waals surface area (Å²) in [6.45, 7) is 0. The van der Waals surface area contributed by atoms with Gasteiger partial charge in [-0.2, -0.15) is 0 Å². The Hall–Kier alpha value is -2.03. The lowest BCUT2D eigenvalue weighted by molar-refractivity contribution is 0.0606. The van der Waals surface area contributed by atoms with Gasteiger partial charge < -0.3 is 4.74 Å². The van der Waals surface area contributed by atoms with Crippen LogP contribution in [-0.2, 0) is 14.6 Å². The molecule has 0 aliphatic carbocycles. The minimum Gasteiger partial charge on any atom is -0.465 e. The molecule has 0 unspecified atom stereocenters. The molecule has 3 aromatic rings. The van der Waals surface area contributed by atoms with Crippen LogP contribution in [0.25, 0.3) is 21.8 Å². The summed E-state index contributed by atoms with van der Waals surface area (Å²) in [5.74, 6) is -0.559. The minimum atomic E-state index is -3.48. The topological polar surface area (TPSA) is 73.3 Å². The number of thiazole rings is 1. The SMILES string of the molecule is COC(=O)c1cc(-c2nc(-c3ccccc3)cs2)c(S(C)(=O)=O)s1. The Balaban J connectivity index is 2.11. The number of carbonyl (C=O) groups excluding carboxylic acids is 1. The third-order valence-corrected chi connectivity index (χ3v) is 7.06. The van der Waals surface area contributed by atoms with Crippen molar-refractivity contribution in [3.63, 3.8) is 0 Å². The highest BCUT2D eigenvalue weighted by atomic mass is 32.2. The molecule has 0 amide bonds. The first-order valence-electron chi connectivity index (χ1n) is 6.83. The minimum absolute atomic E-state index is 0.122. The van der Waals surface area contributed by atoms with Crippen LogP contribution in [0.1, 0.15) is 9.67 Å². The fourth-order valence-corrected chi connectivity index (χ4v) is 5.36. The second-order valence-corrected chi connectivity index (χ2v) is 9.10. The van der Waals surface area contributed by atoms with Crippen LogP contribution < -0.4 is 0 Å². The van der Waals surface area contributed by atoms with E-state index in [1.807, 2.05) is 35.7 Å². The number of hydrogen-bond donors (Lipinski definition) is 0. The van der Waals surface area contributed by atoms with Gasteiger partial charge in [0, 0.05) is 22.8 Å². The lowest BCUT2D eigenvalue weighted by Crippen LogP contribution is -1.97. The Labute approximate surface area is 147 Å². The van der Waals surface area contributed by atoms with Crippen molar-refractivity contribution in [3.8, 4) is 21.8 Å². The van der Waals surface area contributed by atoms with Crippen molar-refractivity contribution in [2.45, 2.75) is 4.21 Å². The molecule has 0 fully saturated rings. The highest BCUT2D eigenvalue weighted by Gasteiger charge is 2.24. The Bertz CT molecular complexity index is 988. The van der Waals surface area contributed by atoms with Crippen LogP contribution in [0.4, 0.5) is 0 Å². The average molecular weight is 379 g/mol. The van der Waals surface area contributed by atoms with Gasteiger partial charge in [-0.1, -0.05) is 30.3 Å². The largest absolute Gasteiger partial charge is 0.465 e. The molecule has 0 saturated heterocycles. The lowest BCUT2D eigenvalue weighted by atomic mass is 10.2. The molecule has 1 aromatic carbocycles. The molecule has 0 bridgehead atoms. The fourth-order valence-electron chi connectivity index (χ4n) is 2.14. The third kappa shape index (κ3) is 3.26. The summed E-state index contributed by atoms with van der Waals surface area (Å²) in [5.41, 5.74) is 2.15. The summed E-state index contributed by atoms with van der Waals surface area (Å²) in [7, 11) is -2.22. The van der Waals surface area contributed by atoms with Gasteiger partial charge in [-0.15, -0.1) is 22.7 Å². The van der Waals surface area contributed by atoms with Crippen molar-refractivity contribution >= 4 is 38.5 Å². The van der Waals surface area contributed by atoms with Gasteiger partial charge in [-0.25, -0.2) is 18.2 Å². The monoisotopic (exact) mass is 379 g/mol. The van der Waals surface area contributed by atoms with Gasteiger partial charge in [0.1, 0.15) is 14.1 Å². The molecule has 0 radical (unpaired) electrons. The first-order valence-corrected chi connectivity index (χ1v) is 10.4. The van der Waals surface area contributed by atoms with Gasteiger partial charge in [0.2, 0.25) is 0 Å². The Kier molecular flexibility index (Phi) is 4.53. The average Bonchev–Trinajstić information content (AvgIpc) is 3.21. The van der Waals surface area contributed by atoms with Crippen molar-refractivity contribution in [2.24, 2.45) is 0 Å². The van der Waals surface area contributed by atoms with Crippen LogP contribution in [0.5, 0.6) is 0 Å². The van der Waals surface area contributed by atoms with Crippen LogP contribution in [0, 0.1) is 0 Å². The predicted octanol–water partition coefficient (Wildman–Crippen LogP) is 3.73. The van der Waals surface area contributed by atoms with E-state index in [0.29, 0.717) is 10.6 Å². The quantitative estimate of drug-likeness (QED) is 0.646. The number of rotatable bonds is 4. The van der Waals surface area contributed by atoms with Crippen LogP contribution in [0.2, 0.25) is 0 Å². The number of carbonyl (C=O) groups is 1. The van der Waals surface area contributed by atoms with E-state index in [0.717, 1.165) is 28.8 Å². The number of sulfone groups is 1. The fraction of sp³-hybridized carbons (Fsp3) is 0.125. The summed E-state index contributed by atoms with van der Waals surface area (Å²) in [6, 6.07) is 11.1. The number of ether oxygens (including phenoxy) is 1. The van der Waals surface area contributed by atoms with Crippen LogP contribution in [0.15, 0.2) is 46.0 Å². The van der Waals surface area contributed by atoms with Gasteiger partial charge in [-0.05, 0) is 6.07 Å². The zero-order chi connectivity index (χ0) is 17.3. The van der Waals surface area contributed by atoms with Crippen molar-refractivity contribution in [2.75, 3.05) is 13.4 Å². The first kappa shape index (κ1) is 16.8. The van der Waals surface area contributed by atoms with E-state index < -0.39 is 15.8 Å². The molecule has 0 aliphatic heterocycles. The van der Waals surface area contributed by atoms with Crippen LogP contribution in [-0.4, -0.2) is 32.7 Å². The van der Waals surface area contributed by atoms with Gasteiger partial charge in [0.25, 0.3) is 0 Å². The van der Waals surface area contributed by atoms with E-state index in [9.17, 15) is 13.2 Å². The van der Waals surface area contributed by atoms with E-state index >= 15 is 0 Å². The number of benzene rings is 1. The van der Waals surface area contributed by atoms with E-state index in [-0.39, 0.29) is 9.09 Å². The normalized spacial score (nSPS) is 11.4. The van der Waals surface area contributed by atoms with Gasteiger partial charge in [0.15, 0.2) is 9.84 Å². The Morgan fingerprint density at radius 1 is 1.21 bits per heavy atom. The van der Waals surface area contributed by atoms with Crippen molar-refractivity contribution in [3.05, 3.63) is 46.7 Å². The van der Waals surface area contributed by atoms with Crippen molar-refractivity contribution < 1.29 is 17.9 Å². The second kappa shape index (κ2) is 6.46. The van der Waals surface area contributed by atoms with Gasteiger partial charge in [-0.3, -0.25) is 0 Å². The Morgan fingerprint density at radius 2 is 1.92 bits per heavy atom. The number of hydrogen-bond acceptors (Lipinski definition) is 7. The molecule has 5 nitrogen and oxygen atoms in total. The van der Waals surface area contributed by atoms with E-state index in [1.54, 1.807) is 0 Å². The molecular formula is C16H13NO4S3. The number of nitrogens with zero attached hydrogens (tertiary/aromatic N) is 1. The molecule has 0 atom stereocenters. The first-order chi connectivity index (χ1) is 11.4.